The van der Waals surface area contributed by atoms with Crippen molar-refractivity contribution in [2.75, 3.05) is 5.32 Å². The molecule has 0 aliphatic heterocycles. The number of nitrogens with zero attached hydrogens (tertiary/aromatic N) is 3. The molecule has 3 rings (SSSR count). The summed E-state index contributed by atoms with van der Waals surface area (Å²) < 4.78 is 7.38. The van der Waals surface area contributed by atoms with Gasteiger partial charge in [0.1, 0.15) is 11.5 Å². The number of hydrogen-bond acceptors (Lipinski definition) is 4. The van der Waals surface area contributed by atoms with E-state index in [9.17, 15) is 4.79 Å². The predicted octanol–water partition coefficient (Wildman–Crippen LogP) is 3.41. The van der Waals surface area contributed by atoms with Gasteiger partial charge in [0.15, 0.2) is 0 Å². The van der Waals surface area contributed by atoms with E-state index in [1.165, 1.54) is 0 Å². The minimum Gasteiger partial charge on any atom is -0.457 e. The van der Waals surface area contributed by atoms with Crippen LogP contribution in [0.5, 0.6) is 11.5 Å². The first-order valence-electron chi connectivity index (χ1n) is 7.93. The van der Waals surface area contributed by atoms with Crippen LogP contribution in [0.15, 0.2) is 60.9 Å². The first-order valence-corrected chi connectivity index (χ1v) is 7.93. The van der Waals surface area contributed by atoms with Crippen LogP contribution in [0.2, 0.25) is 0 Å². The fraction of sp³-hybridized carbons (Fsp3) is 0.105. The number of amides is 2. The zero-order valence-electron chi connectivity index (χ0n) is 14.1. The van der Waals surface area contributed by atoms with Crippen LogP contribution in [-0.4, -0.2) is 15.8 Å². The van der Waals surface area contributed by atoms with E-state index in [2.05, 4.69) is 21.8 Å². The van der Waals surface area contributed by atoms with Crippen LogP contribution >= 0.6 is 0 Å². The summed E-state index contributed by atoms with van der Waals surface area (Å²) in [5, 5.41) is 18.4. The number of benzene rings is 2. The summed E-state index contributed by atoms with van der Waals surface area (Å²) in [5.41, 5.74) is 2.16. The van der Waals surface area contributed by atoms with Crippen LogP contribution < -0.4 is 15.4 Å². The highest BCUT2D eigenvalue weighted by atomic mass is 16.5. The predicted molar refractivity (Wildman–Crippen MR) is 96.7 cm³/mol. The maximum atomic E-state index is 11.9. The molecule has 130 valence electrons. The minimum atomic E-state index is -0.297. The monoisotopic (exact) mass is 347 g/mol. The van der Waals surface area contributed by atoms with Gasteiger partial charge >= 0.3 is 6.03 Å². The number of anilines is 1. The maximum Gasteiger partial charge on any atom is 0.319 e. The number of hydrogen-bond donors (Lipinski definition) is 2. The van der Waals surface area contributed by atoms with Crippen molar-refractivity contribution in [1.29, 1.82) is 5.26 Å². The second kappa shape index (κ2) is 7.85. The van der Waals surface area contributed by atoms with Crippen molar-refractivity contribution in [1.82, 2.24) is 15.1 Å². The van der Waals surface area contributed by atoms with Gasteiger partial charge in [0.25, 0.3) is 0 Å². The molecule has 3 aromatic rings. The second-order valence-electron chi connectivity index (χ2n) is 5.59. The van der Waals surface area contributed by atoms with Gasteiger partial charge in [-0.2, -0.15) is 10.4 Å². The smallest absolute Gasteiger partial charge is 0.319 e. The lowest BCUT2D eigenvalue weighted by atomic mass is 10.2. The molecule has 0 spiro atoms. The average Bonchev–Trinajstić information content (AvgIpc) is 3.08. The number of ether oxygens (including phenoxy) is 1. The van der Waals surface area contributed by atoms with Crippen molar-refractivity contribution in [3.8, 4) is 17.6 Å². The third kappa shape index (κ3) is 4.61. The van der Waals surface area contributed by atoms with E-state index in [1.54, 1.807) is 59.4 Å². The van der Waals surface area contributed by atoms with Gasteiger partial charge in [0.2, 0.25) is 0 Å². The summed E-state index contributed by atoms with van der Waals surface area (Å²) >= 11 is 0. The van der Waals surface area contributed by atoms with Crippen LogP contribution in [0.4, 0.5) is 10.5 Å². The molecule has 0 unspecified atom stereocenters. The maximum absolute atomic E-state index is 11.9. The molecule has 0 fully saturated rings. The van der Waals surface area contributed by atoms with Crippen LogP contribution in [0, 0.1) is 11.3 Å². The molecular weight excluding hydrogens is 330 g/mol. The van der Waals surface area contributed by atoms with Gasteiger partial charge < -0.3 is 15.4 Å². The molecule has 0 atom stereocenters. The highest BCUT2D eigenvalue weighted by Gasteiger charge is 2.04. The third-order valence-electron chi connectivity index (χ3n) is 3.54. The Morgan fingerprint density at radius 2 is 1.81 bits per heavy atom. The molecule has 7 nitrogen and oxygen atoms in total. The van der Waals surface area contributed by atoms with Gasteiger partial charge in [0, 0.05) is 31.0 Å². The summed E-state index contributed by atoms with van der Waals surface area (Å²) in [4.78, 5) is 11.9. The lowest BCUT2D eigenvalue weighted by Gasteiger charge is -2.09. The Hall–Kier alpha value is -3.79. The molecule has 1 heterocycles. The topological polar surface area (TPSA) is 92.0 Å². The first kappa shape index (κ1) is 17.0. The summed E-state index contributed by atoms with van der Waals surface area (Å²) in [5.74, 6) is 1.27. The lowest BCUT2D eigenvalue weighted by Crippen LogP contribution is -2.27. The average molecular weight is 347 g/mol. The van der Waals surface area contributed by atoms with Gasteiger partial charge in [-0.15, -0.1) is 0 Å². The van der Waals surface area contributed by atoms with Crippen molar-refractivity contribution in [3.63, 3.8) is 0 Å². The lowest BCUT2D eigenvalue weighted by molar-refractivity contribution is 0.251. The van der Waals surface area contributed by atoms with E-state index in [0.717, 1.165) is 5.56 Å². The summed E-state index contributed by atoms with van der Waals surface area (Å²) in [6, 6.07) is 15.6. The Kier molecular flexibility index (Phi) is 5.15. The first-order chi connectivity index (χ1) is 12.6. The van der Waals surface area contributed by atoms with Gasteiger partial charge in [-0.1, -0.05) is 0 Å². The van der Waals surface area contributed by atoms with Gasteiger partial charge in [-0.3, -0.25) is 4.68 Å². The molecule has 1 aromatic heterocycles. The molecule has 2 amide bonds. The summed E-state index contributed by atoms with van der Waals surface area (Å²) in [7, 11) is 1.82. The van der Waals surface area contributed by atoms with E-state index in [1.807, 2.05) is 13.2 Å². The fourth-order valence-corrected chi connectivity index (χ4v) is 2.26. The van der Waals surface area contributed by atoms with Crippen LogP contribution in [0.3, 0.4) is 0 Å². The summed E-state index contributed by atoms with van der Waals surface area (Å²) in [6.07, 6.45) is 3.55. The van der Waals surface area contributed by atoms with E-state index in [4.69, 9.17) is 10.00 Å². The van der Waals surface area contributed by atoms with Crippen molar-refractivity contribution in [2.45, 2.75) is 6.54 Å². The van der Waals surface area contributed by atoms with E-state index in [-0.39, 0.29) is 6.03 Å². The molecule has 0 aliphatic rings. The van der Waals surface area contributed by atoms with Crippen LogP contribution in [0.25, 0.3) is 0 Å². The van der Waals surface area contributed by atoms with Gasteiger partial charge in [-0.05, 0) is 48.5 Å². The molecule has 0 saturated carbocycles. The molecule has 7 heteroatoms. The second-order valence-corrected chi connectivity index (χ2v) is 5.59. The van der Waals surface area contributed by atoms with Gasteiger partial charge in [-0.25, -0.2) is 4.79 Å². The molecule has 0 saturated heterocycles. The standard InChI is InChI=1S/C19H17N5O2/c1-24-13-15(12-22-24)11-21-19(25)23-16-4-8-18(9-5-16)26-17-6-2-14(10-20)3-7-17/h2-9,12-13H,11H2,1H3,(H2,21,23,25). The zero-order valence-corrected chi connectivity index (χ0v) is 14.1. The van der Waals surface area contributed by atoms with Gasteiger partial charge in [0.05, 0.1) is 17.8 Å². The number of carbonyl (C=O) groups is 1. The Morgan fingerprint density at radius 1 is 1.15 bits per heavy atom. The molecule has 26 heavy (non-hydrogen) atoms. The summed E-state index contributed by atoms with van der Waals surface area (Å²) in [6.45, 7) is 0.402. The largest absolute Gasteiger partial charge is 0.457 e. The number of aromatic nitrogens is 2. The van der Waals surface area contributed by atoms with Crippen molar-refractivity contribution >= 4 is 11.7 Å². The number of rotatable bonds is 5. The number of urea groups is 1. The number of nitriles is 1. The molecule has 0 bridgehead atoms. The fourth-order valence-electron chi connectivity index (χ4n) is 2.26. The number of aryl methyl sites for hydroxylation is 1. The quantitative estimate of drug-likeness (QED) is 0.740. The minimum absolute atomic E-state index is 0.297. The highest BCUT2D eigenvalue weighted by molar-refractivity contribution is 5.89. The number of carbonyl (C=O) groups excluding carboxylic acids is 1. The molecule has 0 aliphatic carbocycles. The van der Waals surface area contributed by atoms with E-state index >= 15 is 0 Å². The van der Waals surface area contributed by atoms with Crippen molar-refractivity contribution in [3.05, 3.63) is 72.1 Å². The SMILES string of the molecule is Cn1cc(CNC(=O)Nc2ccc(Oc3ccc(C#N)cc3)cc2)cn1. The molecule has 2 aromatic carbocycles. The molecule has 2 N–H and O–H groups in total. The Labute approximate surface area is 150 Å². The Balaban J connectivity index is 1.51. The van der Waals surface area contributed by atoms with Crippen LogP contribution in [0.1, 0.15) is 11.1 Å². The third-order valence-corrected chi connectivity index (χ3v) is 3.54. The molecular formula is C19H17N5O2. The Bertz CT molecular complexity index is 924. The highest BCUT2D eigenvalue weighted by Crippen LogP contribution is 2.23. The van der Waals surface area contributed by atoms with E-state index < -0.39 is 0 Å². The normalized spacial score (nSPS) is 10.0. The van der Waals surface area contributed by atoms with Crippen molar-refractivity contribution in [2.24, 2.45) is 7.05 Å². The van der Waals surface area contributed by atoms with E-state index in [0.29, 0.717) is 29.3 Å². The number of nitrogens with one attached hydrogen (secondary N) is 2. The van der Waals surface area contributed by atoms with Crippen LogP contribution in [-0.2, 0) is 13.6 Å². The van der Waals surface area contributed by atoms with Crippen molar-refractivity contribution < 1.29 is 9.53 Å². The zero-order chi connectivity index (χ0) is 18.4. The Morgan fingerprint density at radius 3 is 2.38 bits per heavy atom. The molecule has 0 radical (unpaired) electrons.